The van der Waals surface area contributed by atoms with Gasteiger partial charge in [0.25, 0.3) is 0 Å². The highest BCUT2D eigenvalue weighted by molar-refractivity contribution is 7.36. The number of fused-ring (bicyclic) bond motifs is 5. The Morgan fingerprint density at radius 1 is 0.688 bits per heavy atom. The number of hydrogen-bond acceptors (Lipinski definition) is 2. The molecule has 32 heavy (non-hydrogen) atoms. The smallest absolute Gasteiger partial charge is 0.0542 e. The molecular formula is C30H28S2. The summed E-state index contributed by atoms with van der Waals surface area (Å²) in [7, 11) is 0. The zero-order valence-corrected chi connectivity index (χ0v) is 20.3. The predicted molar refractivity (Wildman–Crippen MR) is 145 cm³/mol. The van der Waals surface area contributed by atoms with Crippen LogP contribution in [0.25, 0.3) is 40.7 Å². The fourth-order valence-electron chi connectivity index (χ4n) is 4.50. The number of terminal acetylenes is 1. The summed E-state index contributed by atoms with van der Waals surface area (Å²) < 4.78 is 5.67. The number of rotatable bonds is 8. The van der Waals surface area contributed by atoms with Crippen molar-refractivity contribution in [3.63, 3.8) is 0 Å². The summed E-state index contributed by atoms with van der Waals surface area (Å²) in [5.74, 6) is 2.70. The first-order chi connectivity index (χ1) is 15.8. The predicted octanol–water partition coefficient (Wildman–Crippen LogP) is 9.82. The summed E-state index contributed by atoms with van der Waals surface area (Å²) in [4.78, 5) is 0. The van der Waals surface area contributed by atoms with E-state index in [1.807, 2.05) is 34.8 Å². The molecule has 0 radical (unpaired) electrons. The second kappa shape index (κ2) is 9.49. The number of benzene rings is 3. The normalized spacial score (nSPS) is 11.5. The van der Waals surface area contributed by atoms with E-state index >= 15 is 0 Å². The van der Waals surface area contributed by atoms with E-state index < -0.39 is 0 Å². The van der Waals surface area contributed by atoms with Gasteiger partial charge in [-0.2, -0.15) is 0 Å². The van der Waals surface area contributed by atoms with Crippen molar-refractivity contribution in [1.29, 1.82) is 0 Å². The van der Waals surface area contributed by atoms with Crippen molar-refractivity contribution in [2.75, 3.05) is 0 Å². The first-order valence-corrected chi connectivity index (χ1v) is 13.3. The minimum atomic E-state index is 0.925. The lowest BCUT2D eigenvalue weighted by Gasteiger charge is -2.03. The number of thiophene rings is 2. The molecule has 0 aliphatic rings. The van der Waals surface area contributed by atoms with E-state index in [-0.39, 0.29) is 0 Å². The number of unbranched alkanes of at least 4 members (excludes halogenated alkanes) is 5. The van der Waals surface area contributed by atoms with Gasteiger partial charge < -0.3 is 0 Å². The van der Waals surface area contributed by atoms with Crippen LogP contribution in [-0.2, 0) is 6.42 Å². The third kappa shape index (κ3) is 4.20. The fraction of sp³-hybridized carbons (Fsp3) is 0.267. The quantitative estimate of drug-likeness (QED) is 0.162. The van der Waals surface area contributed by atoms with Crippen molar-refractivity contribution in [2.24, 2.45) is 0 Å². The molecule has 2 heterocycles. The molecule has 2 heteroatoms. The molecule has 0 atom stereocenters. The molecule has 0 aliphatic heterocycles. The van der Waals surface area contributed by atoms with Crippen molar-refractivity contribution < 1.29 is 0 Å². The third-order valence-corrected chi connectivity index (χ3v) is 8.85. The minimum Gasteiger partial charge on any atom is -0.134 e. The molecule has 2 aromatic heterocycles. The van der Waals surface area contributed by atoms with Gasteiger partial charge in [-0.25, -0.2) is 0 Å². The van der Waals surface area contributed by atoms with Gasteiger partial charge in [-0.1, -0.05) is 81.3 Å². The Morgan fingerprint density at radius 3 is 2.03 bits per heavy atom. The summed E-state index contributed by atoms with van der Waals surface area (Å²) in [5.41, 5.74) is 4.88. The monoisotopic (exact) mass is 452 g/mol. The number of hydrogen-bond donors (Lipinski definition) is 0. The molecule has 0 amide bonds. The Morgan fingerprint density at radius 2 is 1.31 bits per heavy atom. The van der Waals surface area contributed by atoms with Gasteiger partial charge in [0.05, 0.1) is 9.40 Å². The summed E-state index contributed by atoms with van der Waals surface area (Å²) >= 11 is 3.88. The van der Waals surface area contributed by atoms with E-state index in [9.17, 15) is 0 Å². The maximum absolute atomic E-state index is 5.50. The van der Waals surface area contributed by atoms with Crippen LogP contribution in [0.3, 0.4) is 0 Å². The summed E-state index contributed by atoms with van der Waals surface area (Å²) in [5, 5.41) is 2.80. The SMILES string of the molecule is C#Cc1ccc(-c2ccc3c(c2)sc2c4ccc(CCCCCCCC)cc4sc32)cc1. The molecule has 0 fully saturated rings. The van der Waals surface area contributed by atoms with Crippen molar-refractivity contribution in [1.82, 2.24) is 0 Å². The van der Waals surface area contributed by atoms with Gasteiger partial charge >= 0.3 is 0 Å². The second-order valence-corrected chi connectivity index (χ2v) is 10.7. The molecule has 0 bridgehead atoms. The van der Waals surface area contributed by atoms with Crippen molar-refractivity contribution in [3.8, 4) is 23.5 Å². The molecule has 0 unspecified atom stereocenters. The van der Waals surface area contributed by atoms with Gasteiger partial charge in [0.2, 0.25) is 0 Å². The fourth-order valence-corrected chi connectivity index (χ4v) is 7.26. The molecule has 0 saturated heterocycles. The van der Waals surface area contributed by atoms with E-state index in [1.54, 1.807) is 0 Å². The standard InChI is InChI=1S/C30H28S2/c1-3-5-6-7-8-9-10-22-13-17-25-27(19-22)31-30-26-18-16-24(20-28(26)32-29(25)30)23-14-11-21(4-2)12-15-23/h2,11-20H,3,5-10H2,1H3. The lowest BCUT2D eigenvalue weighted by atomic mass is 10.0. The van der Waals surface area contributed by atoms with E-state index in [0.29, 0.717) is 0 Å². The minimum absolute atomic E-state index is 0.925. The highest BCUT2D eigenvalue weighted by Crippen LogP contribution is 2.45. The van der Waals surface area contributed by atoms with Crippen LogP contribution in [0.5, 0.6) is 0 Å². The van der Waals surface area contributed by atoms with Gasteiger partial charge in [-0.05, 0) is 53.8 Å². The van der Waals surface area contributed by atoms with Crippen LogP contribution in [0.1, 0.15) is 56.6 Å². The average molecular weight is 453 g/mol. The molecular weight excluding hydrogens is 424 g/mol. The van der Waals surface area contributed by atoms with Crippen LogP contribution in [0.15, 0.2) is 60.7 Å². The first-order valence-electron chi connectivity index (χ1n) is 11.7. The summed E-state index contributed by atoms with van der Waals surface area (Å²) in [6.45, 7) is 2.28. The van der Waals surface area contributed by atoms with Crippen LogP contribution in [0, 0.1) is 12.3 Å². The van der Waals surface area contributed by atoms with Crippen molar-refractivity contribution in [2.45, 2.75) is 51.9 Å². The number of aryl methyl sites for hydroxylation is 1. The maximum Gasteiger partial charge on any atom is 0.0542 e. The molecule has 0 saturated carbocycles. The van der Waals surface area contributed by atoms with E-state index in [4.69, 9.17) is 6.42 Å². The Bertz CT molecular complexity index is 1410. The zero-order valence-electron chi connectivity index (χ0n) is 18.6. The highest BCUT2D eigenvalue weighted by Gasteiger charge is 2.13. The zero-order chi connectivity index (χ0) is 21.9. The largest absolute Gasteiger partial charge is 0.134 e. The molecule has 160 valence electrons. The van der Waals surface area contributed by atoms with Gasteiger partial charge in [0, 0.05) is 25.7 Å². The highest BCUT2D eigenvalue weighted by atomic mass is 32.1. The second-order valence-electron chi connectivity index (χ2n) is 8.64. The van der Waals surface area contributed by atoms with E-state index in [0.717, 1.165) is 5.56 Å². The summed E-state index contributed by atoms with van der Waals surface area (Å²) in [6, 6.07) is 22.3. The lowest BCUT2D eigenvalue weighted by Crippen LogP contribution is -1.85. The molecule has 5 rings (SSSR count). The summed E-state index contributed by atoms with van der Waals surface area (Å²) in [6.07, 6.45) is 14.8. The van der Waals surface area contributed by atoms with Gasteiger partial charge in [-0.3, -0.25) is 0 Å². The molecule has 0 N–H and O–H groups in total. The van der Waals surface area contributed by atoms with Crippen LogP contribution in [-0.4, -0.2) is 0 Å². The van der Waals surface area contributed by atoms with Crippen molar-refractivity contribution >= 4 is 52.2 Å². The average Bonchev–Trinajstić information content (AvgIpc) is 3.36. The molecule has 0 spiro atoms. The topological polar surface area (TPSA) is 0 Å². The van der Waals surface area contributed by atoms with Crippen LogP contribution in [0.2, 0.25) is 0 Å². The Hall–Kier alpha value is -2.60. The van der Waals surface area contributed by atoms with Crippen LogP contribution >= 0.6 is 22.7 Å². The Kier molecular flexibility index (Phi) is 6.30. The van der Waals surface area contributed by atoms with Gasteiger partial charge in [0.1, 0.15) is 0 Å². The van der Waals surface area contributed by atoms with E-state index in [1.165, 1.54) is 91.2 Å². The third-order valence-electron chi connectivity index (χ3n) is 6.35. The van der Waals surface area contributed by atoms with Gasteiger partial charge in [-0.15, -0.1) is 29.1 Å². The first kappa shape index (κ1) is 21.3. The van der Waals surface area contributed by atoms with Crippen LogP contribution in [0.4, 0.5) is 0 Å². The van der Waals surface area contributed by atoms with Gasteiger partial charge in [0.15, 0.2) is 0 Å². The Labute approximate surface area is 198 Å². The molecule has 0 aliphatic carbocycles. The molecule has 3 aromatic carbocycles. The van der Waals surface area contributed by atoms with Crippen LogP contribution < -0.4 is 0 Å². The maximum atomic E-state index is 5.50. The lowest BCUT2D eigenvalue weighted by molar-refractivity contribution is 0.607. The molecule has 5 aromatic rings. The molecule has 0 nitrogen and oxygen atoms in total. The Balaban J connectivity index is 1.40. The van der Waals surface area contributed by atoms with E-state index in [2.05, 4.69) is 61.4 Å². The van der Waals surface area contributed by atoms with Crippen molar-refractivity contribution in [3.05, 3.63) is 71.8 Å².